The summed E-state index contributed by atoms with van der Waals surface area (Å²) in [6.07, 6.45) is 0. The quantitative estimate of drug-likeness (QED) is 0.334. The number of nitrogens with one attached hydrogen (secondary N) is 1. The van der Waals surface area contributed by atoms with Gasteiger partial charge in [0, 0.05) is 10.3 Å². The third-order valence-corrected chi connectivity index (χ3v) is 3.45. The van der Waals surface area contributed by atoms with Gasteiger partial charge in [-0.2, -0.15) is 0 Å². The normalized spacial score (nSPS) is 10.4. The lowest BCUT2D eigenvalue weighted by Gasteiger charge is -2.07. The molecule has 17 heavy (non-hydrogen) atoms. The zero-order valence-corrected chi connectivity index (χ0v) is 9.83. The molecule has 0 aliphatic rings. The number of nitrogens with two attached hydrogens (primary N) is 1. The highest BCUT2D eigenvalue weighted by atomic mass is 32.2. The molecule has 0 saturated heterocycles. The lowest BCUT2D eigenvalue weighted by atomic mass is 10.1. The number of fused-ring (bicyclic) bond motifs is 1. The Labute approximate surface area is 103 Å². The molecule has 1 amide bonds. The second-order valence-electron chi connectivity index (χ2n) is 3.48. The molecular formula is C12H12N2O2S. The van der Waals surface area contributed by atoms with Crippen molar-refractivity contribution in [2.75, 3.05) is 5.75 Å². The molecule has 0 aliphatic heterocycles. The summed E-state index contributed by atoms with van der Waals surface area (Å²) in [6.45, 7) is 0. The molecule has 0 unspecified atom stereocenters. The molecule has 5 heteroatoms. The molecule has 0 heterocycles. The Hall–Kier alpha value is -1.72. The molecule has 2 aromatic carbocycles. The fourth-order valence-electron chi connectivity index (χ4n) is 1.57. The topological polar surface area (TPSA) is 75.3 Å². The first-order valence-corrected chi connectivity index (χ1v) is 6.04. The van der Waals surface area contributed by atoms with Gasteiger partial charge < -0.3 is 5.11 Å². The Bertz CT molecular complexity index is 557. The largest absolute Gasteiger partial charge is 0.507 e. The molecule has 0 aromatic heterocycles. The molecule has 0 bridgehead atoms. The highest BCUT2D eigenvalue weighted by molar-refractivity contribution is 8.00. The Balaban J connectivity index is 2.35. The number of hydrogen-bond acceptors (Lipinski definition) is 4. The van der Waals surface area contributed by atoms with E-state index in [0.717, 1.165) is 15.7 Å². The van der Waals surface area contributed by atoms with E-state index in [1.54, 1.807) is 12.1 Å². The number of hydrazine groups is 1. The first-order valence-electron chi connectivity index (χ1n) is 5.05. The highest BCUT2D eigenvalue weighted by Gasteiger charge is 2.07. The van der Waals surface area contributed by atoms with Crippen molar-refractivity contribution < 1.29 is 9.90 Å². The molecule has 4 N–H and O–H groups in total. The van der Waals surface area contributed by atoms with Crippen LogP contribution >= 0.6 is 11.8 Å². The maximum atomic E-state index is 11.1. The number of hydrogen-bond donors (Lipinski definition) is 3. The van der Waals surface area contributed by atoms with Crippen LogP contribution in [0.1, 0.15) is 0 Å². The Morgan fingerprint density at radius 3 is 2.65 bits per heavy atom. The lowest BCUT2D eigenvalue weighted by Crippen LogP contribution is -2.31. The van der Waals surface area contributed by atoms with E-state index >= 15 is 0 Å². The third-order valence-electron chi connectivity index (χ3n) is 2.38. The van der Waals surface area contributed by atoms with Crippen molar-refractivity contribution >= 4 is 28.4 Å². The number of thioether (sulfide) groups is 1. The number of aromatic hydroxyl groups is 1. The smallest absolute Gasteiger partial charge is 0.244 e. The minimum absolute atomic E-state index is 0.229. The van der Waals surface area contributed by atoms with Crippen LogP contribution in [0.3, 0.4) is 0 Å². The van der Waals surface area contributed by atoms with Crippen molar-refractivity contribution in [3.05, 3.63) is 36.4 Å². The average Bonchev–Trinajstić information content (AvgIpc) is 2.38. The predicted molar refractivity (Wildman–Crippen MR) is 68.7 cm³/mol. The van der Waals surface area contributed by atoms with Gasteiger partial charge >= 0.3 is 0 Å². The Kier molecular flexibility index (Phi) is 3.51. The summed E-state index contributed by atoms with van der Waals surface area (Å²) in [5.74, 6) is 5.29. The number of rotatable bonds is 3. The minimum Gasteiger partial charge on any atom is -0.507 e. The van der Waals surface area contributed by atoms with Crippen molar-refractivity contribution in [3.63, 3.8) is 0 Å². The van der Waals surface area contributed by atoms with Crippen molar-refractivity contribution in [1.82, 2.24) is 5.43 Å². The summed E-state index contributed by atoms with van der Waals surface area (Å²) in [4.78, 5) is 12.0. The summed E-state index contributed by atoms with van der Waals surface area (Å²) in [5.41, 5.74) is 2.09. The molecule has 0 spiro atoms. The van der Waals surface area contributed by atoms with Gasteiger partial charge in [0.15, 0.2) is 0 Å². The van der Waals surface area contributed by atoms with Crippen LogP contribution < -0.4 is 11.3 Å². The van der Waals surface area contributed by atoms with Crippen LogP contribution in [0.2, 0.25) is 0 Å². The first kappa shape index (κ1) is 11.8. The van der Waals surface area contributed by atoms with Gasteiger partial charge in [-0.05, 0) is 17.5 Å². The molecule has 2 rings (SSSR count). The molecular weight excluding hydrogens is 236 g/mol. The number of carbonyl (C=O) groups excluding carboxylic acids is 1. The molecule has 0 aliphatic carbocycles. The van der Waals surface area contributed by atoms with Gasteiger partial charge in [-0.1, -0.05) is 24.3 Å². The van der Waals surface area contributed by atoms with Crippen molar-refractivity contribution in [3.8, 4) is 5.75 Å². The van der Waals surface area contributed by atoms with Gasteiger partial charge in [0.2, 0.25) is 5.91 Å². The van der Waals surface area contributed by atoms with E-state index < -0.39 is 0 Å². The molecule has 0 saturated carbocycles. The van der Waals surface area contributed by atoms with Crippen LogP contribution in [0, 0.1) is 0 Å². The van der Waals surface area contributed by atoms with Crippen LogP contribution in [0.25, 0.3) is 10.8 Å². The van der Waals surface area contributed by atoms with E-state index in [0.29, 0.717) is 0 Å². The van der Waals surface area contributed by atoms with Gasteiger partial charge in [0.05, 0.1) is 5.75 Å². The minimum atomic E-state index is -0.229. The predicted octanol–water partition coefficient (Wildman–Crippen LogP) is 1.63. The second kappa shape index (κ2) is 5.07. The summed E-state index contributed by atoms with van der Waals surface area (Å²) < 4.78 is 0. The number of carbonyl (C=O) groups is 1. The Morgan fingerprint density at radius 2 is 1.94 bits per heavy atom. The first-order chi connectivity index (χ1) is 8.22. The van der Waals surface area contributed by atoms with E-state index in [4.69, 9.17) is 5.84 Å². The zero-order chi connectivity index (χ0) is 12.3. The van der Waals surface area contributed by atoms with E-state index in [2.05, 4.69) is 5.43 Å². The standard InChI is InChI=1S/C12H12N2O2S/c13-14-12(16)7-17-11-6-5-10(15)8-3-1-2-4-9(8)11/h1-6,15H,7,13H2,(H,14,16). The number of phenolic OH excluding ortho intramolecular Hbond substituents is 1. The highest BCUT2D eigenvalue weighted by Crippen LogP contribution is 2.32. The summed E-state index contributed by atoms with van der Waals surface area (Å²) in [6, 6.07) is 10.9. The molecule has 4 nitrogen and oxygen atoms in total. The van der Waals surface area contributed by atoms with Gasteiger partial charge in [-0.3, -0.25) is 10.2 Å². The number of phenols is 1. The van der Waals surface area contributed by atoms with Crippen LogP contribution in [-0.4, -0.2) is 16.8 Å². The van der Waals surface area contributed by atoms with Gasteiger partial charge in [-0.15, -0.1) is 11.8 Å². The van der Waals surface area contributed by atoms with E-state index in [1.165, 1.54) is 11.8 Å². The fourth-order valence-corrected chi connectivity index (χ4v) is 2.43. The second-order valence-corrected chi connectivity index (χ2v) is 4.50. The molecule has 2 aromatic rings. The summed E-state index contributed by atoms with van der Waals surface area (Å²) >= 11 is 1.39. The number of benzene rings is 2. The van der Waals surface area contributed by atoms with Crippen LogP contribution in [0.15, 0.2) is 41.3 Å². The molecule has 88 valence electrons. The van der Waals surface area contributed by atoms with Crippen molar-refractivity contribution in [2.45, 2.75) is 4.90 Å². The van der Waals surface area contributed by atoms with Crippen LogP contribution in [0.4, 0.5) is 0 Å². The van der Waals surface area contributed by atoms with E-state index in [9.17, 15) is 9.90 Å². The van der Waals surface area contributed by atoms with E-state index in [-0.39, 0.29) is 17.4 Å². The average molecular weight is 248 g/mol. The van der Waals surface area contributed by atoms with Crippen LogP contribution in [0.5, 0.6) is 5.75 Å². The molecule has 0 fully saturated rings. The fraction of sp³-hybridized carbons (Fsp3) is 0.0833. The van der Waals surface area contributed by atoms with Crippen molar-refractivity contribution in [2.24, 2.45) is 5.84 Å². The number of amides is 1. The maximum absolute atomic E-state index is 11.1. The Morgan fingerprint density at radius 1 is 1.24 bits per heavy atom. The van der Waals surface area contributed by atoms with Gasteiger partial charge in [-0.25, -0.2) is 5.84 Å². The summed E-state index contributed by atoms with van der Waals surface area (Å²) in [7, 11) is 0. The third kappa shape index (κ3) is 2.51. The molecule has 0 atom stereocenters. The lowest BCUT2D eigenvalue weighted by molar-refractivity contribution is -0.118. The summed E-state index contributed by atoms with van der Waals surface area (Å²) in [5, 5.41) is 11.4. The van der Waals surface area contributed by atoms with Crippen molar-refractivity contribution in [1.29, 1.82) is 0 Å². The molecule has 0 radical (unpaired) electrons. The van der Waals surface area contributed by atoms with Gasteiger partial charge in [0.1, 0.15) is 5.75 Å². The van der Waals surface area contributed by atoms with Crippen LogP contribution in [-0.2, 0) is 4.79 Å². The zero-order valence-electron chi connectivity index (χ0n) is 9.01. The maximum Gasteiger partial charge on any atom is 0.244 e. The monoisotopic (exact) mass is 248 g/mol. The van der Waals surface area contributed by atoms with Gasteiger partial charge in [0.25, 0.3) is 0 Å². The SMILES string of the molecule is NNC(=O)CSc1ccc(O)c2ccccc12. The van der Waals surface area contributed by atoms with E-state index in [1.807, 2.05) is 24.3 Å².